The van der Waals surface area contributed by atoms with Crippen LogP contribution in [0.15, 0.2) is 18.2 Å². The summed E-state index contributed by atoms with van der Waals surface area (Å²) in [4.78, 5) is 24.7. The van der Waals surface area contributed by atoms with Crippen LogP contribution < -0.4 is 5.73 Å². The van der Waals surface area contributed by atoms with Gasteiger partial charge >= 0.3 is 5.97 Å². The fraction of sp³-hybridized carbons (Fsp3) is 0.333. The number of nitrogen functional groups attached to an aromatic ring is 1. The molecule has 1 aromatic carbocycles. The summed E-state index contributed by atoms with van der Waals surface area (Å²) in [5, 5.41) is 0.458. The third-order valence-corrected chi connectivity index (χ3v) is 2.70. The molecule has 0 bridgehead atoms. The van der Waals surface area contributed by atoms with Crippen LogP contribution in [-0.4, -0.2) is 37.0 Å². The summed E-state index contributed by atoms with van der Waals surface area (Å²) in [6.07, 6.45) is 0. The minimum atomic E-state index is -0.474. The van der Waals surface area contributed by atoms with E-state index in [9.17, 15) is 9.59 Å². The summed E-state index contributed by atoms with van der Waals surface area (Å²) in [6, 6.07) is 4.62. The molecule has 0 aromatic heterocycles. The van der Waals surface area contributed by atoms with Crippen LogP contribution >= 0.6 is 11.6 Å². The second-order valence-corrected chi connectivity index (χ2v) is 4.06. The average molecular weight is 271 g/mol. The summed E-state index contributed by atoms with van der Waals surface area (Å²) in [7, 11) is 1.28. The van der Waals surface area contributed by atoms with Gasteiger partial charge in [0.1, 0.15) is 6.54 Å². The maximum Gasteiger partial charge on any atom is 0.325 e. The number of benzene rings is 1. The maximum atomic E-state index is 12.2. The van der Waals surface area contributed by atoms with Crippen molar-refractivity contribution < 1.29 is 14.3 Å². The fourth-order valence-electron chi connectivity index (χ4n) is 1.45. The number of halogens is 1. The summed E-state index contributed by atoms with van der Waals surface area (Å²) < 4.78 is 4.53. The summed E-state index contributed by atoms with van der Waals surface area (Å²) in [5.41, 5.74) is 6.34. The number of likely N-dealkylation sites (N-methyl/N-ethyl adjacent to an activating group) is 1. The van der Waals surface area contributed by atoms with Crippen molar-refractivity contribution in [2.75, 3.05) is 25.9 Å². The summed E-state index contributed by atoms with van der Waals surface area (Å²) in [5.74, 6) is -0.796. The van der Waals surface area contributed by atoms with Gasteiger partial charge in [-0.1, -0.05) is 11.6 Å². The molecule has 0 saturated carbocycles. The number of anilines is 1. The molecule has 0 aliphatic heterocycles. The number of ether oxygens (including phenoxy) is 1. The molecule has 1 aromatic rings. The van der Waals surface area contributed by atoms with E-state index >= 15 is 0 Å². The van der Waals surface area contributed by atoms with Crippen LogP contribution in [0.3, 0.4) is 0 Å². The first-order chi connectivity index (χ1) is 8.49. The highest BCUT2D eigenvalue weighted by molar-refractivity contribution is 6.31. The fourth-order valence-corrected chi connectivity index (χ4v) is 1.63. The van der Waals surface area contributed by atoms with Crippen LogP contribution in [0.4, 0.5) is 5.69 Å². The van der Waals surface area contributed by atoms with Gasteiger partial charge in [-0.2, -0.15) is 0 Å². The number of amides is 1. The molecular weight excluding hydrogens is 256 g/mol. The second-order valence-electron chi connectivity index (χ2n) is 3.63. The smallest absolute Gasteiger partial charge is 0.325 e. The van der Waals surface area contributed by atoms with Gasteiger partial charge in [0, 0.05) is 17.3 Å². The molecule has 0 atom stereocenters. The van der Waals surface area contributed by atoms with Crippen molar-refractivity contribution in [1.82, 2.24) is 4.90 Å². The van der Waals surface area contributed by atoms with Crippen molar-refractivity contribution in [3.8, 4) is 0 Å². The van der Waals surface area contributed by atoms with Gasteiger partial charge in [0.25, 0.3) is 5.91 Å². The largest absolute Gasteiger partial charge is 0.468 e. The predicted molar refractivity (Wildman–Crippen MR) is 69.5 cm³/mol. The molecule has 1 amide bonds. The van der Waals surface area contributed by atoms with Crippen molar-refractivity contribution in [3.05, 3.63) is 28.8 Å². The SMILES string of the molecule is CCN(CC(=O)OC)C(=O)c1ccc(Cl)cc1N. The van der Waals surface area contributed by atoms with E-state index in [-0.39, 0.29) is 18.1 Å². The van der Waals surface area contributed by atoms with E-state index in [4.69, 9.17) is 17.3 Å². The molecule has 0 fully saturated rings. The third-order valence-electron chi connectivity index (χ3n) is 2.46. The van der Waals surface area contributed by atoms with E-state index in [2.05, 4.69) is 4.74 Å². The van der Waals surface area contributed by atoms with E-state index in [0.29, 0.717) is 17.1 Å². The van der Waals surface area contributed by atoms with Gasteiger partial charge in [0.15, 0.2) is 0 Å². The van der Waals surface area contributed by atoms with Crippen LogP contribution in [-0.2, 0) is 9.53 Å². The van der Waals surface area contributed by atoms with Gasteiger partial charge in [-0.3, -0.25) is 9.59 Å². The van der Waals surface area contributed by atoms with Gasteiger partial charge < -0.3 is 15.4 Å². The number of esters is 1. The maximum absolute atomic E-state index is 12.2. The molecule has 1 rings (SSSR count). The molecule has 2 N–H and O–H groups in total. The van der Waals surface area contributed by atoms with Gasteiger partial charge in [0.05, 0.1) is 12.7 Å². The molecule has 0 saturated heterocycles. The standard InChI is InChI=1S/C12H15ClN2O3/c1-3-15(7-11(16)18-2)12(17)9-5-4-8(13)6-10(9)14/h4-6H,3,7,14H2,1-2H3. The van der Waals surface area contributed by atoms with E-state index in [1.54, 1.807) is 19.1 Å². The highest BCUT2D eigenvalue weighted by atomic mass is 35.5. The average Bonchev–Trinajstić information content (AvgIpc) is 2.34. The zero-order valence-corrected chi connectivity index (χ0v) is 11.0. The number of carbonyl (C=O) groups is 2. The number of nitrogens with two attached hydrogens (primary N) is 1. The molecule has 6 heteroatoms. The Balaban J connectivity index is 2.93. The Morgan fingerprint density at radius 2 is 2.11 bits per heavy atom. The molecule has 0 radical (unpaired) electrons. The molecule has 18 heavy (non-hydrogen) atoms. The number of rotatable bonds is 4. The van der Waals surface area contributed by atoms with E-state index in [0.717, 1.165) is 0 Å². The van der Waals surface area contributed by atoms with Gasteiger partial charge in [-0.25, -0.2) is 0 Å². The third kappa shape index (κ3) is 3.37. The zero-order chi connectivity index (χ0) is 13.7. The zero-order valence-electron chi connectivity index (χ0n) is 10.3. The summed E-state index contributed by atoms with van der Waals surface area (Å²) in [6.45, 7) is 2.05. The Labute approximate surface area is 110 Å². The Kier molecular flexibility index (Phi) is 4.97. The minimum Gasteiger partial charge on any atom is -0.468 e. The quantitative estimate of drug-likeness (QED) is 0.666. The lowest BCUT2D eigenvalue weighted by molar-refractivity contribution is -0.141. The molecule has 0 spiro atoms. The van der Waals surface area contributed by atoms with Crippen LogP contribution in [0.5, 0.6) is 0 Å². The molecule has 0 aliphatic carbocycles. The molecule has 98 valence electrons. The molecule has 0 aliphatic rings. The van der Waals surface area contributed by atoms with Crippen molar-refractivity contribution in [3.63, 3.8) is 0 Å². The predicted octanol–water partition coefficient (Wildman–Crippen LogP) is 1.56. The van der Waals surface area contributed by atoms with Crippen LogP contribution in [0.1, 0.15) is 17.3 Å². The van der Waals surface area contributed by atoms with Crippen LogP contribution in [0.2, 0.25) is 5.02 Å². The molecule has 0 heterocycles. The first-order valence-corrected chi connectivity index (χ1v) is 5.78. The number of nitrogens with zero attached hydrogens (tertiary/aromatic N) is 1. The molecular formula is C12H15ClN2O3. The van der Waals surface area contributed by atoms with Crippen LogP contribution in [0, 0.1) is 0 Å². The Morgan fingerprint density at radius 1 is 1.44 bits per heavy atom. The van der Waals surface area contributed by atoms with Gasteiger partial charge in [0.2, 0.25) is 0 Å². The summed E-state index contributed by atoms with van der Waals surface area (Å²) >= 11 is 5.76. The lowest BCUT2D eigenvalue weighted by Gasteiger charge is -2.20. The van der Waals surface area contributed by atoms with Gasteiger partial charge in [-0.05, 0) is 25.1 Å². The number of carbonyl (C=O) groups excluding carboxylic acids is 2. The molecule has 5 nitrogen and oxygen atoms in total. The van der Waals surface area contributed by atoms with Crippen molar-refractivity contribution in [2.45, 2.75) is 6.92 Å². The van der Waals surface area contributed by atoms with Crippen molar-refractivity contribution >= 4 is 29.2 Å². The lowest BCUT2D eigenvalue weighted by Crippen LogP contribution is -2.36. The monoisotopic (exact) mass is 270 g/mol. The highest BCUT2D eigenvalue weighted by Gasteiger charge is 2.19. The topological polar surface area (TPSA) is 72.6 Å². The Morgan fingerprint density at radius 3 is 2.61 bits per heavy atom. The first-order valence-electron chi connectivity index (χ1n) is 5.40. The van der Waals surface area contributed by atoms with Crippen LogP contribution in [0.25, 0.3) is 0 Å². The Bertz CT molecular complexity index is 463. The number of hydrogen-bond donors (Lipinski definition) is 1. The number of hydrogen-bond acceptors (Lipinski definition) is 4. The minimum absolute atomic E-state index is 0.103. The van der Waals surface area contributed by atoms with E-state index < -0.39 is 5.97 Å². The van der Waals surface area contributed by atoms with Crippen molar-refractivity contribution in [2.24, 2.45) is 0 Å². The lowest BCUT2D eigenvalue weighted by atomic mass is 10.1. The Hall–Kier alpha value is -1.75. The molecule has 0 unspecified atom stereocenters. The number of methoxy groups -OCH3 is 1. The normalized spacial score (nSPS) is 9.94. The van der Waals surface area contributed by atoms with Gasteiger partial charge in [-0.15, -0.1) is 0 Å². The highest BCUT2D eigenvalue weighted by Crippen LogP contribution is 2.19. The van der Waals surface area contributed by atoms with E-state index in [1.165, 1.54) is 18.1 Å². The van der Waals surface area contributed by atoms with E-state index in [1.807, 2.05) is 0 Å². The first kappa shape index (κ1) is 14.3. The second kappa shape index (κ2) is 6.26. The van der Waals surface area contributed by atoms with Crippen molar-refractivity contribution in [1.29, 1.82) is 0 Å².